The summed E-state index contributed by atoms with van der Waals surface area (Å²) in [7, 11) is 0. The van der Waals surface area contributed by atoms with Gasteiger partial charge >= 0.3 is 5.97 Å². The molecule has 0 aliphatic carbocycles. The summed E-state index contributed by atoms with van der Waals surface area (Å²) >= 11 is 0. The van der Waals surface area contributed by atoms with Gasteiger partial charge in [0.1, 0.15) is 11.9 Å². The van der Waals surface area contributed by atoms with Gasteiger partial charge in [-0.3, -0.25) is 0 Å². The van der Waals surface area contributed by atoms with Crippen LogP contribution < -0.4 is 0 Å². The normalized spacial score (nSPS) is 29.2. The van der Waals surface area contributed by atoms with Crippen LogP contribution in [0.1, 0.15) is 18.6 Å². The summed E-state index contributed by atoms with van der Waals surface area (Å²) in [4.78, 5) is 10.9. The molecule has 4 nitrogen and oxygen atoms in total. The molecule has 1 aromatic carbocycles. The molecule has 1 saturated heterocycles. The minimum Gasteiger partial charge on any atom is -0.479 e. The standard InChI is InChI=1S/C11H11FO4/c1-6-15-9(10(16-6)11(13)14)7-4-2-3-5-8(7)12/h2-6,9-10H,1H3,(H,13,14). The van der Waals surface area contributed by atoms with E-state index < -0.39 is 30.3 Å². The highest BCUT2D eigenvalue weighted by atomic mass is 19.1. The molecular weight excluding hydrogens is 215 g/mol. The zero-order chi connectivity index (χ0) is 11.7. The van der Waals surface area contributed by atoms with E-state index in [1.165, 1.54) is 18.2 Å². The van der Waals surface area contributed by atoms with Crippen molar-refractivity contribution in [1.29, 1.82) is 0 Å². The SMILES string of the molecule is CC1OC(C(=O)O)C(c2ccccc2F)O1. The molecule has 16 heavy (non-hydrogen) atoms. The van der Waals surface area contributed by atoms with E-state index in [1.807, 2.05) is 0 Å². The Morgan fingerprint density at radius 1 is 1.38 bits per heavy atom. The maximum atomic E-state index is 13.5. The summed E-state index contributed by atoms with van der Waals surface area (Å²) in [5.74, 6) is -1.64. The molecule has 0 spiro atoms. The molecule has 2 rings (SSSR count). The molecule has 1 aliphatic rings. The van der Waals surface area contributed by atoms with E-state index >= 15 is 0 Å². The molecule has 1 aliphatic heterocycles. The van der Waals surface area contributed by atoms with E-state index in [0.717, 1.165) is 0 Å². The molecular formula is C11H11FO4. The van der Waals surface area contributed by atoms with Gasteiger partial charge in [0, 0.05) is 5.56 Å². The first kappa shape index (κ1) is 11.0. The highest BCUT2D eigenvalue weighted by molar-refractivity contribution is 5.73. The van der Waals surface area contributed by atoms with Crippen molar-refractivity contribution < 1.29 is 23.8 Å². The van der Waals surface area contributed by atoms with Crippen LogP contribution in [0.5, 0.6) is 0 Å². The quantitative estimate of drug-likeness (QED) is 0.834. The van der Waals surface area contributed by atoms with Crippen LogP contribution in [-0.4, -0.2) is 23.5 Å². The third-order valence-electron chi connectivity index (χ3n) is 2.41. The molecule has 1 N–H and O–H groups in total. The van der Waals surface area contributed by atoms with E-state index in [-0.39, 0.29) is 5.56 Å². The maximum absolute atomic E-state index is 13.5. The second kappa shape index (κ2) is 4.19. The summed E-state index contributed by atoms with van der Waals surface area (Å²) in [5.41, 5.74) is 0.208. The fourth-order valence-electron chi connectivity index (χ4n) is 1.72. The second-order valence-electron chi connectivity index (χ2n) is 3.54. The summed E-state index contributed by atoms with van der Waals surface area (Å²) in [6, 6.07) is 5.93. The van der Waals surface area contributed by atoms with Gasteiger partial charge in [-0.1, -0.05) is 18.2 Å². The number of rotatable bonds is 2. The van der Waals surface area contributed by atoms with Gasteiger partial charge in [-0.05, 0) is 13.0 Å². The number of halogens is 1. The zero-order valence-electron chi connectivity index (χ0n) is 8.59. The molecule has 3 atom stereocenters. The lowest BCUT2D eigenvalue weighted by Crippen LogP contribution is -2.26. The Hall–Kier alpha value is -1.46. The van der Waals surface area contributed by atoms with Crippen LogP contribution in [0.15, 0.2) is 24.3 Å². The van der Waals surface area contributed by atoms with Crippen LogP contribution in [0.3, 0.4) is 0 Å². The number of hydrogen-bond acceptors (Lipinski definition) is 3. The fraction of sp³-hybridized carbons (Fsp3) is 0.364. The van der Waals surface area contributed by atoms with Gasteiger partial charge in [0.05, 0.1) is 0 Å². The molecule has 1 fully saturated rings. The molecule has 0 amide bonds. The van der Waals surface area contributed by atoms with E-state index in [9.17, 15) is 9.18 Å². The molecule has 1 aromatic rings. The van der Waals surface area contributed by atoms with Crippen molar-refractivity contribution in [1.82, 2.24) is 0 Å². The molecule has 0 saturated carbocycles. The lowest BCUT2D eigenvalue weighted by Gasteiger charge is -2.13. The minimum absolute atomic E-state index is 0.208. The molecule has 3 unspecified atom stereocenters. The van der Waals surface area contributed by atoms with Gasteiger partial charge in [-0.15, -0.1) is 0 Å². The number of ether oxygens (including phenoxy) is 2. The zero-order valence-corrected chi connectivity index (χ0v) is 8.59. The lowest BCUT2D eigenvalue weighted by atomic mass is 10.0. The van der Waals surface area contributed by atoms with Crippen LogP contribution in [0.25, 0.3) is 0 Å². The number of hydrogen-bond donors (Lipinski definition) is 1. The first-order valence-corrected chi connectivity index (χ1v) is 4.87. The molecule has 0 aromatic heterocycles. The average Bonchev–Trinajstić information content (AvgIpc) is 2.61. The monoisotopic (exact) mass is 226 g/mol. The Kier molecular flexibility index (Phi) is 2.89. The summed E-state index contributed by atoms with van der Waals surface area (Å²) in [6.45, 7) is 1.58. The van der Waals surface area contributed by atoms with Crippen molar-refractivity contribution in [2.24, 2.45) is 0 Å². The topological polar surface area (TPSA) is 55.8 Å². The van der Waals surface area contributed by atoms with Gasteiger partial charge in [-0.25, -0.2) is 9.18 Å². The van der Waals surface area contributed by atoms with Crippen molar-refractivity contribution in [3.63, 3.8) is 0 Å². The van der Waals surface area contributed by atoms with Gasteiger partial charge in [0.15, 0.2) is 12.4 Å². The van der Waals surface area contributed by atoms with Gasteiger partial charge < -0.3 is 14.6 Å². The summed E-state index contributed by atoms with van der Waals surface area (Å²) in [5, 5.41) is 8.93. The Balaban J connectivity index is 2.33. The fourth-order valence-corrected chi connectivity index (χ4v) is 1.72. The van der Waals surface area contributed by atoms with Crippen molar-refractivity contribution >= 4 is 5.97 Å². The number of carbonyl (C=O) groups is 1. The number of aliphatic carboxylic acids is 1. The predicted molar refractivity (Wildman–Crippen MR) is 52.2 cm³/mol. The third kappa shape index (κ3) is 1.91. The van der Waals surface area contributed by atoms with Crippen LogP contribution in [0, 0.1) is 5.82 Å². The average molecular weight is 226 g/mol. The van der Waals surface area contributed by atoms with Crippen LogP contribution >= 0.6 is 0 Å². The Morgan fingerprint density at radius 3 is 2.69 bits per heavy atom. The molecule has 5 heteroatoms. The smallest absolute Gasteiger partial charge is 0.336 e. The van der Waals surface area contributed by atoms with Crippen molar-refractivity contribution in [2.45, 2.75) is 25.4 Å². The summed E-state index contributed by atoms with van der Waals surface area (Å²) in [6.07, 6.45) is -2.70. The van der Waals surface area contributed by atoms with Crippen molar-refractivity contribution in [3.05, 3.63) is 35.6 Å². The predicted octanol–water partition coefficient (Wildman–Crippen LogP) is 1.71. The van der Waals surface area contributed by atoms with Crippen molar-refractivity contribution in [2.75, 3.05) is 0 Å². The highest BCUT2D eigenvalue weighted by Gasteiger charge is 2.41. The van der Waals surface area contributed by atoms with Gasteiger partial charge in [0.2, 0.25) is 0 Å². The van der Waals surface area contributed by atoms with E-state index in [0.29, 0.717) is 0 Å². The van der Waals surface area contributed by atoms with Crippen LogP contribution in [0.2, 0.25) is 0 Å². The number of benzene rings is 1. The van der Waals surface area contributed by atoms with E-state index in [1.54, 1.807) is 13.0 Å². The number of carboxylic acid groups (broad SMARTS) is 1. The molecule has 0 bridgehead atoms. The molecule has 1 heterocycles. The molecule has 0 radical (unpaired) electrons. The molecule has 86 valence electrons. The van der Waals surface area contributed by atoms with E-state index in [2.05, 4.69) is 0 Å². The van der Waals surface area contributed by atoms with Gasteiger partial charge in [-0.2, -0.15) is 0 Å². The second-order valence-corrected chi connectivity index (χ2v) is 3.54. The minimum atomic E-state index is -1.16. The van der Waals surface area contributed by atoms with Gasteiger partial charge in [0.25, 0.3) is 0 Å². The lowest BCUT2D eigenvalue weighted by molar-refractivity contribution is -0.150. The summed E-state index contributed by atoms with van der Waals surface area (Å²) < 4.78 is 23.8. The first-order chi connectivity index (χ1) is 7.59. The van der Waals surface area contributed by atoms with Crippen LogP contribution in [-0.2, 0) is 14.3 Å². The largest absolute Gasteiger partial charge is 0.479 e. The highest BCUT2D eigenvalue weighted by Crippen LogP contribution is 2.33. The Bertz CT molecular complexity index is 407. The van der Waals surface area contributed by atoms with E-state index in [4.69, 9.17) is 14.6 Å². The van der Waals surface area contributed by atoms with Crippen molar-refractivity contribution in [3.8, 4) is 0 Å². The Labute approximate surface area is 91.6 Å². The third-order valence-corrected chi connectivity index (χ3v) is 2.41. The number of carboxylic acids is 1. The Morgan fingerprint density at radius 2 is 2.06 bits per heavy atom. The maximum Gasteiger partial charge on any atom is 0.336 e. The van der Waals surface area contributed by atoms with Crippen LogP contribution in [0.4, 0.5) is 4.39 Å². The first-order valence-electron chi connectivity index (χ1n) is 4.87.